The molecule has 32 heavy (non-hydrogen) atoms. The Hall–Kier alpha value is -3.62. The summed E-state index contributed by atoms with van der Waals surface area (Å²) in [4.78, 5) is 25.1. The maximum Gasteiger partial charge on any atom is 0.237 e. The number of anilines is 1. The number of aromatic nitrogens is 4. The molecule has 0 fully saturated rings. The predicted octanol–water partition coefficient (Wildman–Crippen LogP) is 2.68. The van der Waals surface area contributed by atoms with Crippen LogP contribution in [-0.2, 0) is 11.2 Å². The molecule has 2 N–H and O–H groups in total. The first-order chi connectivity index (χ1) is 15.7. The highest BCUT2D eigenvalue weighted by Crippen LogP contribution is 2.30. The number of ether oxygens (including phenoxy) is 2. The van der Waals surface area contributed by atoms with Crippen molar-refractivity contribution in [2.24, 2.45) is 0 Å². The maximum absolute atomic E-state index is 12.1. The SMILES string of the molecule is Cc1cc(NCCCCC(=O)NCCc2ccc3c(c2)OCCO3)nc(-n2ccnc2)n1. The van der Waals surface area contributed by atoms with Gasteiger partial charge in [-0.2, -0.15) is 4.98 Å². The Labute approximate surface area is 187 Å². The summed E-state index contributed by atoms with van der Waals surface area (Å²) in [5.74, 6) is 2.99. The van der Waals surface area contributed by atoms with Gasteiger partial charge in [0.25, 0.3) is 0 Å². The minimum atomic E-state index is 0.0721. The fourth-order valence-electron chi connectivity index (χ4n) is 3.44. The zero-order valence-electron chi connectivity index (χ0n) is 18.2. The number of amides is 1. The van der Waals surface area contributed by atoms with E-state index in [4.69, 9.17) is 9.47 Å². The molecule has 4 rings (SSSR count). The van der Waals surface area contributed by atoms with Crippen molar-refractivity contribution in [3.05, 3.63) is 54.2 Å². The lowest BCUT2D eigenvalue weighted by Crippen LogP contribution is -2.25. The number of unbranched alkanes of at least 4 members (excludes halogenated alkanes) is 1. The molecule has 9 nitrogen and oxygen atoms in total. The van der Waals surface area contributed by atoms with Gasteiger partial charge in [0.1, 0.15) is 25.4 Å². The third-order valence-electron chi connectivity index (χ3n) is 5.06. The molecule has 3 heterocycles. The Balaban J connectivity index is 1.12. The van der Waals surface area contributed by atoms with E-state index < -0.39 is 0 Å². The highest BCUT2D eigenvalue weighted by Gasteiger charge is 2.11. The minimum Gasteiger partial charge on any atom is -0.486 e. The second-order valence-corrected chi connectivity index (χ2v) is 7.63. The molecule has 9 heteroatoms. The third-order valence-corrected chi connectivity index (χ3v) is 5.06. The molecular weight excluding hydrogens is 408 g/mol. The van der Waals surface area contributed by atoms with Crippen molar-refractivity contribution in [1.29, 1.82) is 0 Å². The number of carbonyl (C=O) groups is 1. The molecule has 0 saturated heterocycles. The van der Waals surface area contributed by atoms with Gasteiger partial charge in [0.15, 0.2) is 11.5 Å². The number of aryl methyl sites for hydroxylation is 1. The van der Waals surface area contributed by atoms with Crippen molar-refractivity contribution in [1.82, 2.24) is 24.8 Å². The molecule has 1 amide bonds. The zero-order chi connectivity index (χ0) is 22.2. The Morgan fingerprint density at radius 1 is 1.09 bits per heavy atom. The van der Waals surface area contributed by atoms with Crippen molar-refractivity contribution >= 4 is 11.7 Å². The van der Waals surface area contributed by atoms with Crippen molar-refractivity contribution < 1.29 is 14.3 Å². The van der Waals surface area contributed by atoms with Crippen LogP contribution in [0.5, 0.6) is 11.5 Å². The van der Waals surface area contributed by atoms with Crippen molar-refractivity contribution in [3.63, 3.8) is 0 Å². The molecule has 1 aliphatic rings. The van der Waals surface area contributed by atoms with Gasteiger partial charge in [-0.05, 0) is 43.9 Å². The van der Waals surface area contributed by atoms with Crippen LogP contribution in [0.25, 0.3) is 5.95 Å². The Morgan fingerprint density at radius 3 is 2.81 bits per heavy atom. The van der Waals surface area contributed by atoms with E-state index in [1.165, 1.54) is 0 Å². The standard InChI is InChI=1S/C23H28N6O3/c1-17-14-21(28-23(27-17)29-11-10-24-16-29)25-8-3-2-4-22(30)26-9-7-18-5-6-19-20(15-18)32-13-12-31-19/h5-6,10-11,14-16H,2-4,7-9,12-13H2,1H3,(H,26,30)(H,25,27,28). The number of benzene rings is 1. The average molecular weight is 437 g/mol. The Bertz CT molecular complexity index is 1040. The molecular formula is C23H28N6O3. The van der Waals surface area contributed by atoms with Gasteiger partial charge in [-0.1, -0.05) is 6.07 Å². The van der Waals surface area contributed by atoms with Gasteiger partial charge in [-0.3, -0.25) is 9.36 Å². The monoisotopic (exact) mass is 436 g/mol. The van der Waals surface area contributed by atoms with Gasteiger partial charge in [0.2, 0.25) is 11.9 Å². The largest absolute Gasteiger partial charge is 0.486 e. The fraction of sp³-hybridized carbons (Fsp3) is 0.391. The number of carbonyl (C=O) groups excluding carboxylic acids is 1. The lowest BCUT2D eigenvalue weighted by atomic mass is 10.1. The molecule has 168 valence electrons. The normalized spacial score (nSPS) is 12.4. The van der Waals surface area contributed by atoms with Crippen LogP contribution < -0.4 is 20.1 Å². The third kappa shape index (κ3) is 5.96. The molecule has 2 aromatic heterocycles. The van der Waals surface area contributed by atoms with Gasteiger partial charge >= 0.3 is 0 Å². The van der Waals surface area contributed by atoms with Crippen LogP contribution in [0.3, 0.4) is 0 Å². The molecule has 0 aliphatic carbocycles. The zero-order valence-corrected chi connectivity index (χ0v) is 18.2. The molecule has 0 saturated carbocycles. The number of hydrogen-bond donors (Lipinski definition) is 2. The summed E-state index contributed by atoms with van der Waals surface area (Å²) < 4.78 is 12.9. The van der Waals surface area contributed by atoms with Crippen LogP contribution in [0.2, 0.25) is 0 Å². The van der Waals surface area contributed by atoms with E-state index in [2.05, 4.69) is 25.6 Å². The quantitative estimate of drug-likeness (QED) is 0.471. The highest BCUT2D eigenvalue weighted by atomic mass is 16.6. The summed E-state index contributed by atoms with van der Waals surface area (Å²) in [7, 11) is 0. The number of fused-ring (bicyclic) bond motifs is 1. The van der Waals surface area contributed by atoms with Gasteiger partial charge < -0.3 is 20.1 Å². The summed E-state index contributed by atoms with van der Waals surface area (Å²) in [5.41, 5.74) is 2.00. The highest BCUT2D eigenvalue weighted by molar-refractivity contribution is 5.75. The van der Waals surface area contributed by atoms with Crippen LogP contribution in [0, 0.1) is 6.92 Å². The fourth-order valence-corrected chi connectivity index (χ4v) is 3.44. The molecule has 3 aromatic rings. The van der Waals surface area contributed by atoms with Crippen LogP contribution in [0.4, 0.5) is 5.82 Å². The second kappa shape index (κ2) is 10.6. The molecule has 1 aliphatic heterocycles. The predicted molar refractivity (Wildman–Crippen MR) is 120 cm³/mol. The Kier molecular flexibility index (Phi) is 7.16. The lowest BCUT2D eigenvalue weighted by Gasteiger charge is -2.18. The van der Waals surface area contributed by atoms with E-state index in [1.54, 1.807) is 17.1 Å². The summed E-state index contributed by atoms with van der Waals surface area (Å²) >= 11 is 0. The second-order valence-electron chi connectivity index (χ2n) is 7.63. The average Bonchev–Trinajstić information content (AvgIpc) is 3.34. The maximum atomic E-state index is 12.1. The molecule has 0 radical (unpaired) electrons. The van der Waals surface area contributed by atoms with E-state index >= 15 is 0 Å². The van der Waals surface area contributed by atoms with E-state index in [1.807, 2.05) is 37.4 Å². The smallest absolute Gasteiger partial charge is 0.237 e. The van der Waals surface area contributed by atoms with Gasteiger partial charge in [0, 0.05) is 43.7 Å². The first-order valence-corrected chi connectivity index (χ1v) is 10.9. The van der Waals surface area contributed by atoms with Gasteiger partial charge in [-0.15, -0.1) is 0 Å². The van der Waals surface area contributed by atoms with E-state index in [0.717, 1.165) is 54.4 Å². The summed E-state index contributed by atoms with van der Waals surface area (Å²) in [6.07, 6.45) is 8.12. The molecule has 0 spiro atoms. The van der Waals surface area contributed by atoms with Gasteiger partial charge in [-0.25, -0.2) is 9.97 Å². The van der Waals surface area contributed by atoms with E-state index in [0.29, 0.717) is 32.1 Å². The van der Waals surface area contributed by atoms with E-state index in [-0.39, 0.29) is 5.91 Å². The van der Waals surface area contributed by atoms with Crippen molar-refractivity contribution in [2.45, 2.75) is 32.6 Å². The molecule has 0 unspecified atom stereocenters. The van der Waals surface area contributed by atoms with Crippen LogP contribution in [0.1, 0.15) is 30.5 Å². The lowest BCUT2D eigenvalue weighted by molar-refractivity contribution is -0.121. The van der Waals surface area contributed by atoms with Crippen LogP contribution >= 0.6 is 0 Å². The van der Waals surface area contributed by atoms with Gasteiger partial charge in [0.05, 0.1) is 0 Å². The summed E-state index contributed by atoms with van der Waals surface area (Å²) in [6, 6.07) is 7.83. The first-order valence-electron chi connectivity index (χ1n) is 10.9. The van der Waals surface area contributed by atoms with E-state index in [9.17, 15) is 4.79 Å². The number of imidazole rings is 1. The number of hydrogen-bond acceptors (Lipinski definition) is 7. The topological polar surface area (TPSA) is 103 Å². The molecule has 0 bridgehead atoms. The minimum absolute atomic E-state index is 0.0721. The first kappa shape index (κ1) is 21.6. The molecule has 1 aromatic carbocycles. The summed E-state index contributed by atoms with van der Waals surface area (Å²) in [6.45, 7) is 4.44. The van der Waals surface area contributed by atoms with Crippen LogP contribution in [0.15, 0.2) is 43.0 Å². The van der Waals surface area contributed by atoms with Crippen LogP contribution in [-0.4, -0.2) is 51.7 Å². The number of nitrogens with zero attached hydrogens (tertiary/aromatic N) is 4. The number of rotatable bonds is 10. The van der Waals surface area contributed by atoms with Crippen molar-refractivity contribution in [2.75, 3.05) is 31.6 Å². The number of nitrogens with one attached hydrogen (secondary N) is 2. The Morgan fingerprint density at radius 2 is 1.97 bits per heavy atom. The van der Waals surface area contributed by atoms with Crippen molar-refractivity contribution in [3.8, 4) is 17.4 Å². The molecule has 0 atom stereocenters. The summed E-state index contributed by atoms with van der Waals surface area (Å²) in [5, 5.41) is 6.30.